The lowest BCUT2D eigenvalue weighted by atomic mass is 9.91. The lowest BCUT2D eigenvalue weighted by molar-refractivity contribution is 0.0954. The maximum absolute atomic E-state index is 13.8. The van der Waals surface area contributed by atoms with Gasteiger partial charge in [-0.15, -0.1) is 0 Å². The highest BCUT2D eigenvalue weighted by Gasteiger charge is 2.49. The Morgan fingerprint density at radius 3 is 2.45 bits per heavy atom. The van der Waals surface area contributed by atoms with Crippen molar-refractivity contribution in [2.45, 2.75) is 12.6 Å². The van der Waals surface area contributed by atoms with Gasteiger partial charge in [0.05, 0.1) is 30.0 Å². The molecule has 3 aromatic carbocycles. The van der Waals surface area contributed by atoms with Gasteiger partial charge in [0.2, 0.25) is 5.90 Å². The fourth-order valence-electron chi connectivity index (χ4n) is 4.16. The number of carbonyl (C=O) groups excluding carboxylic acids is 1. The van der Waals surface area contributed by atoms with E-state index in [0.717, 1.165) is 22.5 Å². The van der Waals surface area contributed by atoms with E-state index < -0.39 is 5.66 Å². The van der Waals surface area contributed by atoms with Gasteiger partial charge in [0.1, 0.15) is 0 Å². The van der Waals surface area contributed by atoms with Crippen molar-refractivity contribution in [3.63, 3.8) is 0 Å². The summed E-state index contributed by atoms with van der Waals surface area (Å²) in [4.78, 5) is 20.5. The Morgan fingerprint density at radius 2 is 1.66 bits per heavy atom. The predicted octanol–water partition coefficient (Wildman–Crippen LogP) is 4.41. The number of carbonyl (C=O) groups is 1. The monoisotopic (exact) mass is 383 g/mol. The molecule has 0 bridgehead atoms. The van der Waals surface area contributed by atoms with Crippen LogP contribution in [0.5, 0.6) is 0 Å². The smallest absolute Gasteiger partial charge is 0.262 e. The molecule has 5 rings (SSSR count). The van der Waals surface area contributed by atoms with Gasteiger partial charge in [0.25, 0.3) is 5.91 Å². The molecule has 0 saturated carbocycles. The summed E-state index contributed by atoms with van der Waals surface area (Å²) in [5.74, 6) is 0.509. The van der Waals surface area contributed by atoms with E-state index in [4.69, 9.17) is 9.73 Å². The number of hydrogen-bond acceptors (Lipinski definition) is 4. The highest BCUT2D eigenvalue weighted by atomic mass is 16.5. The first-order valence-electron chi connectivity index (χ1n) is 9.78. The van der Waals surface area contributed by atoms with Crippen molar-refractivity contribution >= 4 is 23.2 Å². The number of ether oxygens (including phenoxy) is 1. The van der Waals surface area contributed by atoms with Crippen LogP contribution in [0.3, 0.4) is 0 Å². The Morgan fingerprint density at radius 1 is 0.966 bits per heavy atom. The summed E-state index contributed by atoms with van der Waals surface area (Å²) in [7, 11) is 0. The van der Waals surface area contributed by atoms with Crippen molar-refractivity contribution in [1.82, 2.24) is 0 Å². The van der Waals surface area contributed by atoms with Crippen molar-refractivity contribution in [3.05, 3.63) is 95.6 Å². The Kier molecular flexibility index (Phi) is 4.09. The second kappa shape index (κ2) is 6.78. The molecule has 0 aliphatic carbocycles. The number of rotatable bonds is 2. The highest BCUT2D eigenvalue weighted by molar-refractivity contribution is 6.16. The summed E-state index contributed by atoms with van der Waals surface area (Å²) < 4.78 is 5.87. The fraction of sp³-hybridized carbons (Fsp3) is 0.167. The molecule has 1 atom stereocenters. The summed E-state index contributed by atoms with van der Waals surface area (Å²) in [6.45, 7) is 2.78. The summed E-state index contributed by atoms with van der Waals surface area (Å²) in [5.41, 5.74) is 3.19. The number of para-hydroxylation sites is 2. The number of nitrogens with one attached hydrogen (secondary N) is 1. The van der Waals surface area contributed by atoms with Crippen molar-refractivity contribution in [1.29, 1.82) is 0 Å². The molecule has 0 aromatic heterocycles. The lowest BCUT2D eigenvalue weighted by Crippen LogP contribution is -2.59. The van der Waals surface area contributed by atoms with E-state index in [1.165, 1.54) is 0 Å². The lowest BCUT2D eigenvalue weighted by Gasteiger charge is -2.47. The number of anilines is 2. The SMILES string of the molecule is CCOC1=NCC2(c3ccccc3)Nc3ccccc3C(=O)N2c2ccccc21. The third kappa shape index (κ3) is 2.62. The molecule has 5 heteroatoms. The van der Waals surface area contributed by atoms with Crippen molar-refractivity contribution in [2.75, 3.05) is 23.4 Å². The Bertz CT molecular complexity index is 1110. The standard InChI is InChI=1S/C24H21N3O2/c1-2-29-22-19-13-7-9-15-21(19)27-23(28)18-12-6-8-14-20(18)26-24(27,16-25-22)17-10-4-3-5-11-17/h3-15,26H,2,16H2,1H3. The van der Waals surface area contributed by atoms with Gasteiger partial charge in [-0.3, -0.25) is 9.69 Å². The number of fused-ring (bicyclic) bond motifs is 4. The van der Waals surface area contributed by atoms with Crippen LogP contribution in [-0.4, -0.2) is 25.0 Å². The van der Waals surface area contributed by atoms with Crippen molar-refractivity contribution in [3.8, 4) is 0 Å². The van der Waals surface area contributed by atoms with Gasteiger partial charge in [-0.2, -0.15) is 0 Å². The van der Waals surface area contributed by atoms with E-state index in [9.17, 15) is 4.79 Å². The summed E-state index contributed by atoms with van der Waals surface area (Å²) in [6.07, 6.45) is 0. The molecular weight excluding hydrogens is 362 g/mol. The first-order chi connectivity index (χ1) is 14.2. The number of nitrogens with zero attached hydrogens (tertiary/aromatic N) is 2. The van der Waals surface area contributed by atoms with E-state index in [-0.39, 0.29) is 5.91 Å². The number of amides is 1. The molecule has 144 valence electrons. The van der Waals surface area contributed by atoms with Gasteiger partial charge in [0, 0.05) is 11.3 Å². The first-order valence-corrected chi connectivity index (χ1v) is 9.78. The Hall–Kier alpha value is -3.60. The molecule has 1 amide bonds. The van der Waals surface area contributed by atoms with Gasteiger partial charge >= 0.3 is 0 Å². The molecule has 29 heavy (non-hydrogen) atoms. The minimum absolute atomic E-state index is 0.0522. The maximum Gasteiger partial charge on any atom is 0.262 e. The zero-order valence-corrected chi connectivity index (χ0v) is 16.1. The Labute approximate surface area is 169 Å². The molecule has 5 nitrogen and oxygen atoms in total. The van der Waals surface area contributed by atoms with Gasteiger partial charge in [0.15, 0.2) is 5.66 Å². The van der Waals surface area contributed by atoms with Gasteiger partial charge in [-0.1, -0.05) is 54.6 Å². The van der Waals surface area contributed by atoms with Crippen LogP contribution in [0, 0.1) is 0 Å². The minimum atomic E-state index is -0.846. The second-order valence-corrected chi connectivity index (χ2v) is 7.11. The van der Waals surface area contributed by atoms with E-state index in [1.54, 1.807) is 0 Å². The van der Waals surface area contributed by atoms with Crippen molar-refractivity contribution in [2.24, 2.45) is 4.99 Å². The molecule has 0 radical (unpaired) electrons. The van der Waals surface area contributed by atoms with Gasteiger partial charge in [-0.05, 0) is 31.2 Å². The van der Waals surface area contributed by atoms with Crippen LogP contribution < -0.4 is 10.2 Å². The molecule has 0 spiro atoms. The fourth-order valence-corrected chi connectivity index (χ4v) is 4.16. The molecule has 3 aromatic rings. The van der Waals surface area contributed by atoms with Crippen LogP contribution in [0.25, 0.3) is 0 Å². The minimum Gasteiger partial charge on any atom is -0.478 e. The zero-order chi connectivity index (χ0) is 19.8. The number of hydrogen-bond donors (Lipinski definition) is 1. The number of benzene rings is 3. The van der Waals surface area contributed by atoms with Crippen LogP contribution in [-0.2, 0) is 10.4 Å². The topological polar surface area (TPSA) is 53.9 Å². The average molecular weight is 383 g/mol. The van der Waals surface area contributed by atoms with E-state index in [2.05, 4.69) is 5.32 Å². The van der Waals surface area contributed by atoms with Crippen LogP contribution in [0.4, 0.5) is 11.4 Å². The molecule has 1 N–H and O–H groups in total. The molecule has 0 fully saturated rings. The highest BCUT2D eigenvalue weighted by Crippen LogP contribution is 2.44. The van der Waals surface area contributed by atoms with E-state index in [0.29, 0.717) is 24.6 Å². The molecular formula is C24H21N3O2. The summed E-state index contributed by atoms with van der Waals surface area (Å²) in [6, 6.07) is 25.4. The normalized spacial score (nSPS) is 19.8. The van der Waals surface area contributed by atoms with Crippen LogP contribution in [0.2, 0.25) is 0 Å². The van der Waals surface area contributed by atoms with Crippen LogP contribution in [0.15, 0.2) is 83.9 Å². The average Bonchev–Trinajstić information content (AvgIpc) is 2.91. The van der Waals surface area contributed by atoms with E-state index >= 15 is 0 Å². The van der Waals surface area contributed by atoms with E-state index in [1.807, 2.05) is 90.7 Å². The molecule has 2 aliphatic heterocycles. The first kappa shape index (κ1) is 17.5. The van der Waals surface area contributed by atoms with Gasteiger partial charge in [-0.25, -0.2) is 4.99 Å². The molecule has 2 heterocycles. The molecule has 0 saturated heterocycles. The van der Waals surface area contributed by atoms with Crippen molar-refractivity contribution < 1.29 is 9.53 Å². The zero-order valence-electron chi connectivity index (χ0n) is 16.1. The maximum atomic E-state index is 13.8. The Balaban J connectivity index is 1.82. The summed E-state index contributed by atoms with van der Waals surface area (Å²) in [5, 5.41) is 3.65. The second-order valence-electron chi connectivity index (χ2n) is 7.11. The summed E-state index contributed by atoms with van der Waals surface area (Å²) >= 11 is 0. The van der Waals surface area contributed by atoms with Gasteiger partial charge < -0.3 is 10.1 Å². The largest absolute Gasteiger partial charge is 0.478 e. The van der Waals surface area contributed by atoms with Crippen LogP contribution >= 0.6 is 0 Å². The third-order valence-electron chi connectivity index (χ3n) is 5.44. The number of aliphatic imine (C=N–C) groups is 1. The predicted molar refractivity (Wildman–Crippen MR) is 114 cm³/mol. The molecule has 2 aliphatic rings. The third-order valence-corrected chi connectivity index (χ3v) is 5.44. The van der Waals surface area contributed by atoms with Crippen LogP contribution in [0.1, 0.15) is 28.4 Å². The molecule has 1 unspecified atom stereocenters. The quantitative estimate of drug-likeness (QED) is 0.713.